The minimum atomic E-state index is -0.456. The summed E-state index contributed by atoms with van der Waals surface area (Å²) in [7, 11) is 0. The zero-order chi connectivity index (χ0) is 19.2. The van der Waals surface area contributed by atoms with Crippen LogP contribution in [0.4, 0.5) is 10.1 Å². The fraction of sp³-hybridized carbons (Fsp3) is 0.222. The van der Waals surface area contributed by atoms with Gasteiger partial charge in [0, 0.05) is 5.69 Å². The maximum atomic E-state index is 13.0. The summed E-state index contributed by atoms with van der Waals surface area (Å²) in [6.07, 6.45) is 0. The van der Waals surface area contributed by atoms with E-state index in [9.17, 15) is 9.18 Å². The molecule has 0 bridgehead atoms. The van der Waals surface area contributed by atoms with Gasteiger partial charge in [-0.05, 0) is 72.8 Å². The molecule has 3 rings (SSSR count). The van der Waals surface area contributed by atoms with Crippen LogP contribution < -0.4 is 10.1 Å². The Kier molecular flexibility index (Phi) is 6.02. The van der Waals surface area contributed by atoms with Gasteiger partial charge in [-0.3, -0.25) is 4.79 Å². The van der Waals surface area contributed by atoms with E-state index in [2.05, 4.69) is 20.8 Å². The van der Waals surface area contributed by atoms with Crippen LogP contribution in [0.2, 0.25) is 0 Å². The molecular formula is C18H18FN5O2S. The van der Waals surface area contributed by atoms with Crippen molar-refractivity contribution < 1.29 is 13.9 Å². The molecule has 7 nitrogen and oxygen atoms in total. The summed E-state index contributed by atoms with van der Waals surface area (Å²) in [5.41, 5.74) is 1.29. The van der Waals surface area contributed by atoms with Gasteiger partial charge in [-0.15, -0.1) is 5.10 Å². The molecule has 3 aromatic rings. The predicted molar refractivity (Wildman–Crippen MR) is 101 cm³/mol. The zero-order valence-electron chi connectivity index (χ0n) is 14.8. The van der Waals surface area contributed by atoms with Crippen molar-refractivity contribution in [3.05, 3.63) is 54.3 Å². The molecule has 27 heavy (non-hydrogen) atoms. The molecule has 0 aliphatic carbocycles. The molecule has 1 aromatic heterocycles. The Morgan fingerprint density at radius 2 is 1.93 bits per heavy atom. The Balaban J connectivity index is 1.68. The maximum Gasteiger partial charge on any atom is 0.237 e. The van der Waals surface area contributed by atoms with Crippen molar-refractivity contribution in [2.45, 2.75) is 24.3 Å². The molecule has 2 aromatic carbocycles. The number of benzene rings is 2. The number of nitrogens with zero attached hydrogens (tertiary/aromatic N) is 4. The lowest BCUT2D eigenvalue weighted by Crippen LogP contribution is -2.22. The minimum Gasteiger partial charge on any atom is -0.494 e. The molecule has 0 radical (unpaired) electrons. The molecule has 0 unspecified atom stereocenters. The number of hydrogen-bond acceptors (Lipinski definition) is 6. The van der Waals surface area contributed by atoms with E-state index in [-0.39, 0.29) is 11.7 Å². The van der Waals surface area contributed by atoms with Crippen LogP contribution in [-0.2, 0) is 4.79 Å². The van der Waals surface area contributed by atoms with Crippen LogP contribution in [0.25, 0.3) is 5.69 Å². The van der Waals surface area contributed by atoms with Crippen LogP contribution in [0.5, 0.6) is 5.75 Å². The highest BCUT2D eigenvalue weighted by Gasteiger charge is 2.19. The molecule has 1 atom stereocenters. The van der Waals surface area contributed by atoms with Crippen molar-refractivity contribution in [1.82, 2.24) is 20.2 Å². The first kappa shape index (κ1) is 18.8. The third kappa shape index (κ3) is 4.82. The molecule has 0 saturated carbocycles. The number of carbonyl (C=O) groups is 1. The number of rotatable bonds is 7. The highest BCUT2D eigenvalue weighted by atomic mass is 32.2. The second-order valence-corrected chi connectivity index (χ2v) is 6.86. The molecule has 1 heterocycles. The van der Waals surface area contributed by atoms with Crippen LogP contribution in [0, 0.1) is 5.82 Å². The summed E-state index contributed by atoms with van der Waals surface area (Å²) in [6, 6.07) is 12.9. The lowest BCUT2D eigenvalue weighted by Gasteiger charge is -2.12. The minimum absolute atomic E-state index is 0.229. The smallest absolute Gasteiger partial charge is 0.237 e. The van der Waals surface area contributed by atoms with Gasteiger partial charge in [-0.25, -0.2) is 4.39 Å². The third-order valence-electron chi connectivity index (χ3n) is 3.60. The van der Waals surface area contributed by atoms with Crippen molar-refractivity contribution in [1.29, 1.82) is 0 Å². The van der Waals surface area contributed by atoms with Crippen LogP contribution in [0.1, 0.15) is 13.8 Å². The Hall–Kier alpha value is -2.94. The van der Waals surface area contributed by atoms with Gasteiger partial charge in [0.25, 0.3) is 0 Å². The lowest BCUT2D eigenvalue weighted by molar-refractivity contribution is -0.115. The SMILES string of the molecule is CCOc1ccc(-n2nnnc2S[C@@H](C)C(=O)Nc2ccc(F)cc2)cc1. The van der Waals surface area contributed by atoms with E-state index < -0.39 is 5.25 Å². The van der Waals surface area contributed by atoms with E-state index in [0.29, 0.717) is 17.5 Å². The van der Waals surface area contributed by atoms with Gasteiger partial charge < -0.3 is 10.1 Å². The molecule has 0 spiro atoms. The van der Waals surface area contributed by atoms with E-state index in [1.165, 1.54) is 36.0 Å². The number of nitrogens with one attached hydrogen (secondary N) is 1. The number of aromatic nitrogens is 4. The van der Waals surface area contributed by atoms with Crippen LogP contribution in [-0.4, -0.2) is 38.0 Å². The van der Waals surface area contributed by atoms with Crippen LogP contribution in [0.3, 0.4) is 0 Å². The molecule has 0 aliphatic heterocycles. The third-order valence-corrected chi connectivity index (χ3v) is 4.63. The van der Waals surface area contributed by atoms with Crippen LogP contribution in [0.15, 0.2) is 53.7 Å². The Bertz CT molecular complexity index is 899. The summed E-state index contributed by atoms with van der Waals surface area (Å²) in [5, 5.41) is 14.5. The van der Waals surface area contributed by atoms with E-state index in [1.54, 1.807) is 11.6 Å². The molecule has 1 amide bonds. The molecule has 0 saturated heterocycles. The summed E-state index contributed by atoms with van der Waals surface area (Å²) in [6.45, 7) is 4.26. The molecular weight excluding hydrogens is 369 g/mol. The maximum absolute atomic E-state index is 13.0. The number of ether oxygens (including phenoxy) is 1. The van der Waals surface area contributed by atoms with Crippen molar-refractivity contribution in [2.24, 2.45) is 0 Å². The van der Waals surface area contributed by atoms with Crippen molar-refractivity contribution in [2.75, 3.05) is 11.9 Å². The first-order valence-electron chi connectivity index (χ1n) is 8.31. The molecule has 9 heteroatoms. The van der Waals surface area contributed by atoms with E-state index in [1.807, 2.05) is 31.2 Å². The number of hydrogen-bond donors (Lipinski definition) is 1. The number of carbonyl (C=O) groups excluding carboxylic acids is 1. The molecule has 140 valence electrons. The van der Waals surface area contributed by atoms with Crippen molar-refractivity contribution in [3.63, 3.8) is 0 Å². The summed E-state index contributed by atoms with van der Waals surface area (Å²) >= 11 is 1.23. The largest absolute Gasteiger partial charge is 0.494 e. The molecule has 0 aliphatic rings. The van der Waals surface area contributed by atoms with E-state index in [4.69, 9.17) is 4.74 Å². The highest BCUT2D eigenvalue weighted by Crippen LogP contribution is 2.25. The Morgan fingerprint density at radius 1 is 1.22 bits per heavy atom. The average Bonchev–Trinajstić information content (AvgIpc) is 3.12. The zero-order valence-corrected chi connectivity index (χ0v) is 15.6. The van der Waals surface area contributed by atoms with Gasteiger partial charge in [0.15, 0.2) is 0 Å². The van der Waals surface area contributed by atoms with E-state index >= 15 is 0 Å². The summed E-state index contributed by atoms with van der Waals surface area (Å²) in [4.78, 5) is 12.4. The summed E-state index contributed by atoms with van der Waals surface area (Å²) < 4.78 is 19.9. The van der Waals surface area contributed by atoms with Gasteiger partial charge in [0.2, 0.25) is 11.1 Å². The van der Waals surface area contributed by atoms with Gasteiger partial charge in [-0.1, -0.05) is 11.8 Å². The van der Waals surface area contributed by atoms with Gasteiger partial charge in [-0.2, -0.15) is 4.68 Å². The monoisotopic (exact) mass is 387 g/mol. The normalized spacial score (nSPS) is 11.8. The van der Waals surface area contributed by atoms with Crippen molar-refractivity contribution >= 4 is 23.4 Å². The summed E-state index contributed by atoms with van der Waals surface area (Å²) in [5.74, 6) is 0.174. The first-order valence-corrected chi connectivity index (χ1v) is 9.19. The van der Waals surface area contributed by atoms with E-state index in [0.717, 1.165) is 11.4 Å². The second kappa shape index (κ2) is 8.63. The Labute approximate surface area is 159 Å². The second-order valence-electron chi connectivity index (χ2n) is 5.56. The number of thioether (sulfide) groups is 1. The predicted octanol–water partition coefficient (Wildman–Crippen LogP) is 3.32. The topological polar surface area (TPSA) is 81.9 Å². The number of halogens is 1. The van der Waals surface area contributed by atoms with Crippen LogP contribution >= 0.6 is 11.8 Å². The van der Waals surface area contributed by atoms with Gasteiger partial charge in [0.05, 0.1) is 17.5 Å². The highest BCUT2D eigenvalue weighted by molar-refractivity contribution is 8.00. The quantitative estimate of drug-likeness (QED) is 0.627. The lowest BCUT2D eigenvalue weighted by atomic mass is 10.3. The Morgan fingerprint density at radius 3 is 2.59 bits per heavy atom. The van der Waals surface area contributed by atoms with Gasteiger partial charge >= 0.3 is 0 Å². The van der Waals surface area contributed by atoms with Crippen molar-refractivity contribution in [3.8, 4) is 11.4 Å². The first-order chi connectivity index (χ1) is 13.1. The molecule has 0 fully saturated rings. The average molecular weight is 387 g/mol. The van der Waals surface area contributed by atoms with Gasteiger partial charge in [0.1, 0.15) is 11.6 Å². The number of tetrazole rings is 1. The number of anilines is 1. The number of amides is 1. The fourth-order valence-corrected chi connectivity index (χ4v) is 3.06. The fourth-order valence-electron chi connectivity index (χ4n) is 2.25. The standard InChI is InChI=1S/C18H18FN5O2S/c1-3-26-16-10-8-15(9-11-16)24-18(21-22-23-24)27-12(2)17(25)20-14-6-4-13(19)5-7-14/h4-12H,3H2,1-2H3,(H,20,25)/t12-/m0/s1. The molecule has 1 N–H and O–H groups in total.